The fourth-order valence-corrected chi connectivity index (χ4v) is 4.46. The average molecular weight is 458 g/mol. The third-order valence-corrected chi connectivity index (χ3v) is 6.51. The molecule has 0 saturated heterocycles. The number of aromatic nitrogens is 1. The molecule has 1 heterocycles. The zero-order valence-electron chi connectivity index (χ0n) is 20.1. The molecule has 0 spiro atoms. The van der Waals surface area contributed by atoms with Gasteiger partial charge in [0.15, 0.2) is 0 Å². The lowest BCUT2D eigenvalue weighted by atomic mass is 9.98. The Morgan fingerprint density at radius 3 is 2.00 bits per heavy atom. The molecule has 0 aliphatic carbocycles. The number of hydrogen-bond donors (Lipinski definition) is 0. The van der Waals surface area contributed by atoms with Gasteiger partial charge in [-0.15, -0.1) is 0 Å². The van der Waals surface area contributed by atoms with Crippen molar-refractivity contribution in [2.75, 3.05) is 0 Å². The summed E-state index contributed by atoms with van der Waals surface area (Å²) >= 11 is 0. The third-order valence-electron chi connectivity index (χ3n) is 6.51. The quantitative estimate of drug-likeness (QED) is 0.296. The highest BCUT2D eigenvalue weighted by atomic mass is 19.4. The van der Waals surface area contributed by atoms with Crippen LogP contribution in [-0.2, 0) is 19.0 Å². The van der Waals surface area contributed by atoms with E-state index in [4.69, 9.17) is 0 Å². The first-order valence-corrected chi connectivity index (χ1v) is 12.0. The van der Waals surface area contributed by atoms with E-state index in [0.717, 1.165) is 85.7 Å². The van der Waals surface area contributed by atoms with Crippen LogP contribution in [0.1, 0.15) is 90.7 Å². The molecule has 0 N–H and O–H groups in total. The minimum Gasteiger partial charge on any atom is -0.280 e. The summed E-state index contributed by atoms with van der Waals surface area (Å²) in [5, 5.41) is 1.10. The molecule has 1 aromatic heterocycles. The van der Waals surface area contributed by atoms with E-state index in [2.05, 4.69) is 32.9 Å². The molecule has 2 aromatic carbocycles. The van der Waals surface area contributed by atoms with Crippen molar-refractivity contribution in [3.8, 4) is 0 Å². The van der Waals surface area contributed by atoms with Gasteiger partial charge in [-0.2, -0.15) is 13.2 Å². The van der Waals surface area contributed by atoms with Gasteiger partial charge in [0.2, 0.25) is 0 Å². The van der Waals surface area contributed by atoms with Crippen LogP contribution in [0.25, 0.3) is 10.9 Å². The number of aryl methyl sites for hydroxylation is 3. The number of nitrogens with zero attached hydrogens (tertiary/aromatic N) is 1. The summed E-state index contributed by atoms with van der Waals surface area (Å²) in [6, 6.07) is 8.81. The first-order chi connectivity index (χ1) is 15.7. The average Bonchev–Trinajstić information content (AvgIpc) is 3.06. The van der Waals surface area contributed by atoms with Crippen molar-refractivity contribution in [2.24, 2.45) is 0 Å². The maximum absolute atomic E-state index is 13.7. The van der Waals surface area contributed by atoms with Crippen molar-refractivity contribution >= 4 is 16.8 Å². The molecule has 5 heteroatoms. The summed E-state index contributed by atoms with van der Waals surface area (Å²) in [6.45, 7) is 8.43. The Morgan fingerprint density at radius 2 is 1.42 bits per heavy atom. The number of carbonyl (C=O) groups is 1. The van der Waals surface area contributed by atoms with E-state index >= 15 is 0 Å². The van der Waals surface area contributed by atoms with Crippen molar-refractivity contribution < 1.29 is 18.0 Å². The molecule has 0 amide bonds. The lowest BCUT2D eigenvalue weighted by Crippen LogP contribution is -2.16. The maximum atomic E-state index is 13.7. The number of halogens is 3. The molecule has 0 fully saturated rings. The first kappa shape index (κ1) is 25.1. The molecule has 0 unspecified atom stereocenters. The van der Waals surface area contributed by atoms with Gasteiger partial charge in [-0.1, -0.05) is 39.5 Å². The normalized spacial score (nSPS) is 12.0. The summed E-state index contributed by atoms with van der Waals surface area (Å²) in [4.78, 5) is 13.7. The number of alkyl halides is 3. The molecule has 178 valence electrons. The molecule has 0 aliphatic rings. The smallest absolute Gasteiger partial charge is 0.280 e. The molecule has 0 saturated carbocycles. The maximum Gasteiger partial charge on any atom is 0.416 e. The highest BCUT2D eigenvalue weighted by Crippen LogP contribution is 2.33. The summed E-state index contributed by atoms with van der Waals surface area (Å²) in [5.74, 6) is -0.259. The fourth-order valence-electron chi connectivity index (χ4n) is 4.46. The van der Waals surface area contributed by atoms with E-state index < -0.39 is 11.7 Å². The van der Waals surface area contributed by atoms with Crippen molar-refractivity contribution in [1.82, 2.24) is 4.57 Å². The van der Waals surface area contributed by atoms with Crippen LogP contribution < -0.4 is 0 Å². The zero-order valence-corrected chi connectivity index (χ0v) is 20.1. The number of carbonyl (C=O) groups excluding carboxylic acids is 1. The van der Waals surface area contributed by atoms with Crippen LogP contribution in [0, 0.1) is 13.8 Å². The largest absolute Gasteiger partial charge is 0.416 e. The third kappa shape index (κ3) is 5.51. The Balaban J connectivity index is 2.17. The lowest BCUT2D eigenvalue weighted by molar-refractivity contribution is -0.137. The van der Waals surface area contributed by atoms with Crippen LogP contribution in [0.3, 0.4) is 0 Å². The molecule has 0 aliphatic heterocycles. The Hall–Kier alpha value is -2.56. The second kappa shape index (κ2) is 10.6. The van der Waals surface area contributed by atoms with Gasteiger partial charge in [-0.05, 0) is 92.6 Å². The standard InChI is InChI=1S/C28H34F3NO/c1-5-7-9-11-23-24-17-19(3)20(4)18-26(24)32(25(23)12-10-8-6-2)27(33)21-13-15-22(16-14-21)28(29,30)31/h13-18H,5-12H2,1-4H3. The predicted molar refractivity (Wildman–Crippen MR) is 129 cm³/mol. The number of hydrogen-bond acceptors (Lipinski definition) is 1. The molecule has 0 bridgehead atoms. The van der Waals surface area contributed by atoms with E-state index in [-0.39, 0.29) is 11.5 Å². The second-order valence-electron chi connectivity index (χ2n) is 9.01. The molecule has 3 rings (SSSR count). The molecular formula is C28H34F3NO. The number of benzene rings is 2. The predicted octanol–water partition coefficient (Wildman–Crippen LogP) is 8.43. The monoisotopic (exact) mass is 457 g/mol. The molecule has 33 heavy (non-hydrogen) atoms. The highest BCUT2D eigenvalue weighted by Gasteiger charge is 2.30. The molecule has 3 aromatic rings. The topological polar surface area (TPSA) is 22.0 Å². The van der Waals surface area contributed by atoms with Gasteiger partial charge in [0.25, 0.3) is 5.91 Å². The number of fused-ring (bicyclic) bond motifs is 1. The van der Waals surface area contributed by atoms with Gasteiger partial charge >= 0.3 is 6.18 Å². The highest BCUT2D eigenvalue weighted by molar-refractivity contribution is 6.04. The molecule has 2 nitrogen and oxygen atoms in total. The Morgan fingerprint density at radius 1 is 0.848 bits per heavy atom. The number of unbranched alkanes of at least 4 members (excludes halogenated alkanes) is 4. The van der Waals surface area contributed by atoms with Gasteiger partial charge in [0.1, 0.15) is 0 Å². The van der Waals surface area contributed by atoms with E-state index in [0.29, 0.717) is 0 Å². The summed E-state index contributed by atoms with van der Waals surface area (Å²) in [7, 11) is 0. The summed E-state index contributed by atoms with van der Waals surface area (Å²) in [6.07, 6.45) is 3.69. The lowest BCUT2D eigenvalue weighted by Gasteiger charge is -2.13. The van der Waals surface area contributed by atoms with Crippen LogP contribution in [0.15, 0.2) is 36.4 Å². The van der Waals surface area contributed by atoms with Gasteiger partial charge in [-0.25, -0.2) is 0 Å². The van der Waals surface area contributed by atoms with Gasteiger partial charge < -0.3 is 0 Å². The van der Waals surface area contributed by atoms with E-state index in [1.165, 1.54) is 23.3 Å². The summed E-state index contributed by atoms with van der Waals surface area (Å²) in [5.41, 5.74) is 4.91. The Kier molecular flexibility index (Phi) is 8.04. The zero-order chi connectivity index (χ0) is 24.2. The molecule has 0 radical (unpaired) electrons. The van der Waals surface area contributed by atoms with Crippen molar-refractivity contribution in [3.05, 3.63) is 69.9 Å². The van der Waals surface area contributed by atoms with Crippen molar-refractivity contribution in [1.29, 1.82) is 0 Å². The minimum atomic E-state index is -4.42. The Labute approximate surface area is 194 Å². The summed E-state index contributed by atoms with van der Waals surface area (Å²) < 4.78 is 40.9. The first-order valence-electron chi connectivity index (χ1n) is 12.0. The van der Waals surface area contributed by atoms with Crippen LogP contribution in [0.2, 0.25) is 0 Å². The Bertz CT molecular complexity index is 1110. The van der Waals surface area contributed by atoms with Crippen LogP contribution in [-0.4, -0.2) is 10.5 Å². The van der Waals surface area contributed by atoms with Gasteiger partial charge in [0.05, 0.1) is 11.1 Å². The van der Waals surface area contributed by atoms with Crippen LogP contribution >= 0.6 is 0 Å². The van der Waals surface area contributed by atoms with E-state index in [9.17, 15) is 18.0 Å². The number of rotatable bonds is 9. The second-order valence-corrected chi connectivity index (χ2v) is 9.01. The molecule has 0 atom stereocenters. The fraction of sp³-hybridized carbons (Fsp3) is 0.464. The van der Waals surface area contributed by atoms with Crippen molar-refractivity contribution in [3.63, 3.8) is 0 Å². The van der Waals surface area contributed by atoms with E-state index in [1.54, 1.807) is 4.57 Å². The SMILES string of the molecule is CCCCCc1c(CCCCC)n(C(=O)c2ccc(C(F)(F)F)cc2)c2cc(C)c(C)cc12. The van der Waals surface area contributed by atoms with Crippen LogP contribution in [0.5, 0.6) is 0 Å². The molecular weight excluding hydrogens is 423 g/mol. The van der Waals surface area contributed by atoms with Gasteiger partial charge in [-0.3, -0.25) is 9.36 Å². The van der Waals surface area contributed by atoms with Crippen molar-refractivity contribution in [2.45, 2.75) is 85.2 Å². The minimum absolute atomic E-state index is 0.259. The van der Waals surface area contributed by atoms with Gasteiger partial charge in [0, 0.05) is 16.6 Å². The van der Waals surface area contributed by atoms with Crippen LogP contribution in [0.4, 0.5) is 13.2 Å². The van der Waals surface area contributed by atoms with E-state index in [1.807, 2.05) is 6.92 Å².